The second kappa shape index (κ2) is 7.74. The second-order valence-corrected chi connectivity index (χ2v) is 6.27. The molecule has 0 atom stereocenters. The van der Waals surface area contributed by atoms with Gasteiger partial charge >= 0.3 is 0 Å². The minimum atomic E-state index is -0.758. The Hall–Kier alpha value is -2.61. The molecule has 0 aliphatic rings. The summed E-state index contributed by atoms with van der Waals surface area (Å²) in [6, 6.07) is 7.05. The molecule has 1 N–H and O–H groups in total. The van der Waals surface area contributed by atoms with Gasteiger partial charge in [0.2, 0.25) is 5.91 Å². The molecule has 26 heavy (non-hydrogen) atoms. The number of benzene rings is 2. The van der Waals surface area contributed by atoms with Crippen molar-refractivity contribution in [2.75, 3.05) is 5.32 Å². The third-order valence-electron chi connectivity index (χ3n) is 3.52. The highest BCUT2D eigenvalue weighted by atomic mass is 79.9. The van der Waals surface area contributed by atoms with Crippen molar-refractivity contribution in [3.8, 4) is 11.3 Å². The number of aryl methyl sites for hydroxylation is 1. The van der Waals surface area contributed by atoms with E-state index in [0.717, 1.165) is 12.1 Å². The van der Waals surface area contributed by atoms with Crippen molar-refractivity contribution in [1.82, 2.24) is 4.98 Å². The lowest BCUT2D eigenvalue weighted by molar-refractivity contribution is -0.116. The van der Waals surface area contributed by atoms with E-state index in [-0.39, 0.29) is 36.0 Å². The number of amides is 1. The van der Waals surface area contributed by atoms with Crippen molar-refractivity contribution in [3.05, 3.63) is 70.4 Å². The molecule has 0 aliphatic heterocycles. The van der Waals surface area contributed by atoms with E-state index in [1.807, 2.05) is 0 Å². The first-order valence-electron chi connectivity index (χ1n) is 7.57. The van der Waals surface area contributed by atoms with Crippen LogP contribution in [0.1, 0.15) is 12.3 Å². The van der Waals surface area contributed by atoms with Crippen LogP contribution < -0.4 is 5.32 Å². The van der Waals surface area contributed by atoms with Gasteiger partial charge in [-0.15, -0.1) is 0 Å². The van der Waals surface area contributed by atoms with Crippen molar-refractivity contribution in [2.45, 2.75) is 12.8 Å². The maximum absolute atomic E-state index is 13.7. The first-order chi connectivity index (χ1) is 12.4. The fourth-order valence-electron chi connectivity index (χ4n) is 2.26. The number of oxazole rings is 1. The molecule has 0 bridgehead atoms. The third-order valence-corrected chi connectivity index (χ3v) is 4.18. The summed E-state index contributed by atoms with van der Waals surface area (Å²) in [4.78, 5) is 16.0. The van der Waals surface area contributed by atoms with Crippen molar-refractivity contribution in [1.29, 1.82) is 0 Å². The van der Waals surface area contributed by atoms with Crippen LogP contribution in [0.3, 0.4) is 0 Å². The molecular weight excluding hydrogens is 413 g/mol. The fraction of sp³-hybridized carbons (Fsp3) is 0.111. The van der Waals surface area contributed by atoms with Gasteiger partial charge in [-0.2, -0.15) is 0 Å². The van der Waals surface area contributed by atoms with E-state index in [1.165, 1.54) is 30.5 Å². The topological polar surface area (TPSA) is 55.1 Å². The average molecular weight is 425 g/mol. The number of hydrogen-bond acceptors (Lipinski definition) is 3. The van der Waals surface area contributed by atoms with Crippen molar-refractivity contribution in [2.24, 2.45) is 0 Å². The van der Waals surface area contributed by atoms with Crippen LogP contribution in [0.15, 0.2) is 51.5 Å². The van der Waals surface area contributed by atoms with Gasteiger partial charge in [0, 0.05) is 23.4 Å². The van der Waals surface area contributed by atoms with Crippen LogP contribution in [0.2, 0.25) is 0 Å². The van der Waals surface area contributed by atoms with E-state index < -0.39 is 17.5 Å². The predicted octanol–water partition coefficient (Wildman–Crippen LogP) is 5.09. The molecule has 0 saturated heterocycles. The van der Waals surface area contributed by atoms with Crippen LogP contribution in [0, 0.1) is 17.5 Å². The maximum atomic E-state index is 13.7. The van der Waals surface area contributed by atoms with Gasteiger partial charge in [-0.25, -0.2) is 18.2 Å². The smallest absolute Gasteiger partial charge is 0.224 e. The van der Waals surface area contributed by atoms with E-state index in [1.54, 1.807) is 0 Å². The largest absolute Gasteiger partial charge is 0.441 e. The standard InChI is InChI=1S/C18H12BrF3N2O2/c19-13-7-10(20)2-4-15(13)24-17(25)5-6-18-23-9-16(26-18)12-3-1-11(21)8-14(12)22/h1-4,7-9H,5-6H2,(H,24,25). The Balaban J connectivity index is 1.61. The highest BCUT2D eigenvalue weighted by Gasteiger charge is 2.13. The molecule has 2 aromatic carbocycles. The van der Waals surface area contributed by atoms with Crippen molar-refractivity contribution >= 4 is 27.5 Å². The number of anilines is 1. The first kappa shape index (κ1) is 18.2. The Morgan fingerprint density at radius 1 is 1.12 bits per heavy atom. The number of halogens is 4. The SMILES string of the molecule is O=C(CCc1ncc(-c2ccc(F)cc2F)o1)Nc1ccc(F)cc1Br. The van der Waals surface area contributed by atoms with E-state index in [2.05, 4.69) is 26.2 Å². The van der Waals surface area contributed by atoms with E-state index in [0.29, 0.717) is 10.2 Å². The Labute approximate surface area is 155 Å². The molecule has 0 saturated carbocycles. The van der Waals surface area contributed by atoms with Gasteiger partial charge in [0.05, 0.1) is 17.4 Å². The van der Waals surface area contributed by atoms with E-state index >= 15 is 0 Å². The molecule has 8 heteroatoms. The zero-order valence-electron chi connectivity index (χ0n) is 13.2. The fourth-order valence-corrected chi connectivity index (χ4v) is 2.71. The van der Waals surface area contributed by atoms with Crippen LogP contribution in [0.4, 0.5) is 18.9 Å². The summed E-state index contributed by atoms with van der Waals surface area (Å²) in [6.07, 6.45) is 1.57. The van der Waals surface area contributed by atoms with Crippen LogP contribution in [0.25, 0.3) is 11.3 Å². The third kappa shape index (κ3) is 4.32. The van der Waals surface area contributed by atoms with Gasteiger partial charge in [0.25, 0.3) is 0 Å². The minimum Gasteiger partial charge on any atom is -0.441 e. The summed E-state index contributed by atoms with van der Waals surface area (Å²) in [5.41, 5.74) is 0.530. The lowest BCUT2D eigenvalue weighted by atomic mass is 10.2. The summed E-state index contributed by atoms with van der Waals surface area (Å²) in [5.74, 6) is -1.78. The molecule has 1 amide bonds. The molecule has 0 spiro atoms. The second-order valence-electron chi connectivity index (χ2n) is 5.41. The zero-order valence-corrected chi connectivity index (χ0v) is 14.8. The van der Waals surface area contributed by atoms with Crippen LogP contribution >= 0.6 is 15.9 Å². The molecule has 134 valence electrons. The highest BCUT2D eigenvalue weighted by Crippen LogP contribution is 2.25. The molecule has 1 aromatic heterocycles. The van der Waals surface area contributed by atoms with Gasteiger partial charge in [-0.05, 0) is 46.3 Å². The van der Waals surface area contributed by atoms with Crippen LogP contribution in [0.5, 0.6) is 0 Å². The number of rotatable bonds is 5. The normalized spacial score (nSPS) is 10.8. The number of nitrogens with one attached hydrogen (secondary N) is 1. The first-order valence-corrected chi connectivity index (χ1v) is 8.36. The molecule has 0 fully saturated rings. The Morgan fingerprint density at radius 2 is 1.85 bits per heavy atom. The molecule has 4 nitrogen and oxygen atoms in total. The molecule has 0 unspecified atom stereocenters. The predicted molar refractivity (Wildman–Crippen MR) is 92.9 cm³/mol. The summed E-state index contributed by atoms with van der Waals surface area (Å²) < 4.78 is 45.6. The van der Waals surface area contributed by atoms with Gasteiger partial charge in [0.15, 0.2) is 11.7 Å². The summed E-state index contributed by atoms with van der Waals surface area (Å²) >= 11 is 3.16. The van der Waals surface area contributed by atoms with Gasteiger partial charge in [0.1, 0.15) is 17.5 Å². The maximum Gasteiger partial charge on any atom is 0.224 e. The van der Waals surface area contributed by atoms with Crippen molar-refractivity contribution in [3.63, 3.8) is 0 Å². The van der Waals surface area contributed by atoms with Crippen LogP contribution in [-0.4, -0.2) is 10.9 Å². The van der Waals surface area contributed by atoms with E-state index in [4.69, 9.17) is 4.42 Å². The lowest BCUT2D eigenvalue weighted by Gasteiger charge is -2.06. The van der Waals surface area contributed by atoms with Gasteiger partial charge in [-0.1, -0.05) is 0 Å². The Morgan fingerprint density at radius 3 is 2.58 bits per heavy atom. The molecule has 3 rings (SSSR count). The van der Waals surface area contributed by atoms with Crippen molar-refractivity contribution < 1.29 is 22.4 Å². The molecule has 0 aliphatic carbocycles. The lowest BCUT2D eigenvalue weighted by Crippen LogP contribution is -2.12. The molecule has 1 heterocycles. The highest BCUT2D eigenvalue weighted by molar-refractivity contribution is 9.10. The Bertz CT molecular complexity index is 959. The Kier molecular flexibility index (Phi) is 5.41. The number of carbonyl (C=O) groups is 1. The molecular formula is C18H12BrF3N2O2. The average Bonchev–Trinajstić information content (AvgIpc) is 3.04. The number of carbonyl (C=O) groups excluding carboxylic acids is 1. The summed E-state index contributed by atoms with van der Waals surface area (Å²) in [7, 11) is 0. The molecule has 0 radical (unpaired) electrons. The molecule has 3 aromatic rings. The van der Waals surface area contributed by atoms with Crippen LogP contribution in [-0.2, 0) is 11.2 Å². The quantitative estimate of drug-likeness (QED) is 0.620. The summed E-state index contributed by atoms with van der Waals surface area (Å²) in [6.45, 7) is 0. The number of aromatic nitrogens is 1. The summed E-state index contributed by atoms with van der Waals surface area (Å²) in [5, 5.41) is 2.64. The number of hydrogen-bond donors (Lipinski definition) is 1. The van der Waals surface area contributed by atoms with E-state index in [9.17, 15) is 18.0 Å². The number of nitrogens with zero attached hydrogens (tertiary/aromatic N) is 1. The van der Waals surface area contributed by atoms with Gasteiger partial charge in [-0.3, -0.25) is 4.79 Å². The minimum absolute atomic E-state index is 0.0651. The zero-order chi connectivity index (χ0) is 18.7. The monoisotopic (exact) mass is 424 g/mol. The van der Waals surface area contributed by atoms with Gasteiger partial charge < -0.3 is 9.73 Å².